The van der Waals surface area contributed by atoms with E-state index in [0.29, 0.717) is 38.2 Å². The molecule has 3 heterocycles. The number of amides is 2. The summed E-state index contributed by atoms with van der Waals surface area (Å²) in [4.78, 5) is 22.4. The van der Waals surface area contributed by atoms with Gasteiger partial charge in [-0.25, -0.2) is 4.68 Å². The summed E-state index contributed by atoms with van der Waals surface area (Å²) in [7, 11) is 0. The number of hydrogen-bond donors (Lipinski definition) is 4. The van der Waals surface area contributed by atoms with E-state index in [1.807, 2.05) is 0 Å². The summed E-state index contributed by atoms with van der Waals surface area (Å²) < 4.78 is 61.0. The minimum atomic E-state index is -5.17. The third kappa shape index (κ3) is 7.10. The number of halogens is 3. The topological polar surface area (TPSA) is 166 Å². The average Bonchev–Trinajstić information content (AvgIpc) is 3.46. The number of carbonyl (C=O) groups excluding carboxylic acids is 2. The molecule has 1 aromatic heterocycles. The van der Waals surface area contributed by atoms with Crippen LogP contribution >= 0.6 is 0 Å². The number of alkyl halides is 3. The summed E-state index contributed by atoms with van der Waals surface area (Å²) in [6, 6.07) is -1.60. The SMILES string of the molecule is CCC(=O)NCCCOCc1cn(CCOC[C@@]23CO[C@@H](O2)[C@@H](NC(=O)C(F)(F)F)[C@@H](O)[C@H]3O)nn1. The van der Waals surface area contributed by atoms with Crippen LogP contribution in [0, 0.1) is 0 Å². The third-order valence-corrected chi connectivity index (χ3v) is 5.68. The van der Waals surface area contributed by atoms with Gasteiger partial charge < -0.3 is 39.8 Å². The van der Waals surface area contributed by atoms with Crippen molar-refractivity contribution in [3.05, 3.63) is 11.9 Å². The molecule has 0 radical (unpaired) electrons. The van der Waals surface area contributed by atoms with E-state index in [9.17, 15) is 33.0 Å². The zero-order valence-corrected chi connectivity index (χ0v) is 19.6. The van der Waals surface area contributed by atoms with Gasteiger partial charge in [0.05, 0.1) is 39.2 Å². The van der Waals surface area contributed by atoms with Crippen molar-refractivity contribution in [2.45, 2.75) is 69.2 Å². The summed E-state index contributed by atoms with van der Waals surface area (Å²) in [6.07, 6.45) is -7.20. The molecule has 13 nitrogen and oxygen atoms in total. The van der Waals surface area contributed by atoms with E-state index >= 15 is 0 Å². The van der Waals surface area contributed by atoms with Crippen LogP contribution in [0.4, 0.5) is 13.2 Å². The van der Waals surface area contributed by atoms with Crippen molar-refractivity contribution < 1.29 is 51.9 Å². The number of rotatable bonds is 13. The lowest BCUT2D eigenvalue weighted by Gasteiger charge is -2.42. The molecule has 16 heteroatoms. The van der Waals surface area contributed by atoms with Gasteiger partial charge in [-0.1, -0.05) is 12.1 Å². The molecule has 2 saturated heterocycles. The zero-order valence-electron chi connectivity index (χ0n) is 19.6. The Balaban J connectivity index is 1.37. The standard InChI is InChI=1S/C20H30F3N5O8/c1-2-13(29)24-4-3-6-33-9-12-8-28(27-26-12)5-7-34-10-19-11-35-17(36-19)14(15(30)16(19)31)25-18(32)20(21,22)23/h8,14-17,30-31H,2-7,9-11H2,1H3,(H,24,29)(H,25,32)/t14-,15+,16+,17-,19-/m0/s1. The average molecular weight is 525 g/mol. The second-order valence-corrected chi connectivity index (χ2v) is 8.43. The van der Waals surface area contributed by atoms with Crippen molar-refractivity contribution in [1.29, 1.82) is 0 Å². The summed E-state index contributed by atoms with van der Waals surface area (Å²) in [5, 5.41) is 33.0. The zero-order chi connectivity index (χ0) is 26.3. The lowest BCUT2D eigenvalue weighted by atomic mass is 9.88. The van der Waals surface area contributed by atoms with Crippen LogP contribution < -0.4 is 10.6 Å². The Morgan fingerprint density at radius 3 is 2.81 bits per heavy atom. The predicted octanol–water partition coefficient (Wildman–Crippen LogP) is -1.38. The van der Waals surface area contributed by atoms with Crippen molar-refractivity contribution in [3.8, 4) is 0 Å². The van der Waals surface area contributed by atoms with E-state index in [-0.39, 0.29) is 32.3 Å². The Morgan fingerprint density at radius 1 is 1.31 bits per heavy atom. The molecule has 36 heavy (non-hydrogen) atoms. The Kier molecular flexibility index (Phi) is 9.59. The lowest BCUT2D eigenvalue weighted by Crippen LogP contribution is -2.67. The van der Waals surface area contributed by atoms with Gasteiger partial charge in [0.2, 0.25) is 5.91 Å². The molecule has 2 amide bonds. The number of nitrogens with zero attached hydrogens (tertiary/aromatic N) is 3. The number of fused-ring (bicyclic) bond motifs is 2. The quantitative estimate of drug-likeness (QED) is 0.226. The van der Waals surface area contributed by atoms with Gasteiger partial charge in [-0.05, 0) is 6.42 Å². The fraction of sp³-hybridized carbons (Fsp3) is 0.800. The molecular weight excluding hydrogens is 495 g/mol. The predicted molar refractivity (Wildman–Crippen MR) is 112 cm³/mol. The summed E-state index contributed by atoms with van der Waals surface area (Å²) in [5.74, 6) is -2.29. The van der Waals surface area contributed by atoms with Crippen LogP contribution in [0.1, 0.15) is 25.5 Å². The van der Waals surface area contributed by atoms with Crippen molar-refractivity contribution in [2.75, 3.05) is 33.0 Å². The van der Waals surface area contributed by atoms with Crippen LogP contribution in [0.2, 0.25) is 0 Å². The first-order valence-electron chi connectivity index (χ1n) is 11.4. The van der Waals surface area contributed by atoms with E-state index in [1.165, 1.54) is 4.68 Å². The molecule has 0 aromatic carbocycles. The number of aromatic nitrogens is 3. The van der Waals surface area contributed by atoms with Crippen LogP contribution in [-0.4, -0.2) is 106 Å². The molecule has 0 spiro atoms. The molecule has 3 rings (SSSR count). The highest BCUT2D eigenvalue weighted by Gasteiger charge is 2.60. The van der Waals surface area contributed by atoms with Crippen LogP contribution in [0.5, 0.6) is 0 Å². The first-order chi connectivity index (χ1) is 17.1. The number of carbonyl (C=O) groups is 2. The highest BCUT2D eigenvalue weighted by molar-refractivity contribution is 5.82. The van der Waals surface area contributed by atoms with Crippen LogP contribution in [0.25, 0.3) is 0 Å². The Labute approximate surface area is 204 Å². The summed E-state index contributed by atoms with van der Waals surface area (Å²) >= 11 is 0. The van der Waals surface area contributed by atoms with E-state index in [4.69, 9.17) is 18.9 Å². The fourth-order valence-corrected chi connectivity index (χ4v) is 3.69. The van der Waals surface area contributed by atoms with Gasteiger partial charge in [0.25, 0.3) is 0 Å². The Hall–Kier alpha value is -2.37. The van der Waals surface area contributed by atoms with Gasteiger partial charge in [0.15, 0.2) is 6.29 Å². The molecule has 5 atom stereocenters. The molecule has 0 unspecified atom stereocenters. The molecule has 204 valence electrons. The van der Waals surface area contributed by atoms with Crippen LogP contribution in [0.15, 0.2) is 6.20 Å². The first-order valence-corrected chi connectivity index (χ1v) is 11.4. The Bertz CT molecular complexity index is 888. The first kappa shape index (κ1) is 28.2. The summed E-state index contributed by atoms with van der Waals surface area (Å²) in [5.41, 5.74) is -0.902. The largest absolute Gasteiger partial charge is 0.471 e. The van der Waals surface area contributed by atoms with Gasteiger partial charge in [-0.3, -0.25) is 9.59 Å². The molecule has 2 aliphatic rings. The van der Waals surface area contributed by atoms with E-state index in [2.05, 4.69) is 15.6 Å². The highest BCUT2D eigenvalue weighted by Crippen LogP contribution is 2.37. The van der Waals surface area contributed by atoms with Gasteiger partial charge in [0.1, 0.15) is 29.5 Å². The molecule has 0 saturated carbocycles. The van der Waals surface area contributed by atoms with Crippen molar-refractivity contribution in [3.63, 3.8) is 0 Å². The molecule has 0 aliphatic carbocycles. The molecule has 2 aliphatic heterocycles. The second kappa shape index (κ2) is 12.2. The van der Waals surface area contributed by atoms with E-state index in [0.717, 1.165) is 0 Å². The van der Waals surface area contributed by atoms with Crippen LogP contribution in [-0.2, 0) is 41.7 Å². The van der Waals surface area contributed by atoms with Gasteiger partial charge in [-0.15, -0.1) is 5.10 Å². The number of ether oxygens (including phenoxy) is 4. The summed E-state index contributed by atoms with van der Waals surface area (Å²) in [6.45, 7) is 2.93. The maximum atomic E-state index is 12.5. The monoisotopic (exact) mass is 525 g/mol. The van der Waals surface area contributed by atoms with Gasteiger partial charge in [-0.2, -0.15) is 13.2 Å². The maximum absolute atomic E-state index is 12.5. The third-order valence-electron chi connectivity index (χ3n) is 5.68. The molecular formula is C20H30F3N5O8. The molecule has 4 N–H and O–H groups in total. The minimum Gasteiger partial charge on any atom is -0.388 e. The van der Waals surface area contributed by atoms with Crippen molar-refractivity contribution in [2.24, 2.45) is 0 Å². The van der Waals surface area contributed by atoms with Crippen molar-refractivity contribution >= 4 is 11.8 Å². The minimum absolute atomic E-state index is 0.0144. The number of nitrogens with one attached hydrogen (secondary N) is 2. The highest BCUT2D eigenvalue weighted by atomic mass is 19.4. The second-order valence-electron chi connectivity index (χ2n) is 8.43. The van der Waals surface area contributed by atoms with Crippen LogP contribution in [0.3, 0.4) is 0 Å². The fourth-order valence-electron chi connectivity index (χ4n) is 3.69. The van der Waals surface area contributed by atoms with E-state index < -0.39 is 42.2 Å². The van der Waals surface area contributed by atoms with Crippen molar-refractivity contribution in [1.82, 2.24) is 25.6 Å². The van der Waals surface area contributed by atoms with E-state index in [1.54, 1.807) is 18.4 Å². The smallest absolute Gasteiger partial charge is 0.388 e. The number of hydrogen-bond acceptors (Lipinski definition) is 10. The van der Waals surface area contributed by atoms with Gasteiger partial charge in [0, 0.05) is 19.6 Å². The lowest BCUT2D eigenvalue weighted by molar-refractivity contribution is -0.240. The molecule has 2 fully saturated rings. The molecule has 1 aromatic rings. The maximum Gasteiger partial charge on any atom is 0.471 e. The molecule has 2 bridgehead atoms. The normalized spacial score (nSPS) is 27.7. The number of aliphatic hydroxyl groups excluding tert-OH is 2. The Morgan fingerprint density at radius 2 is 2.08 bits per heavy atom. The van der Waals surface area contributed by atoms with Gasteiger partial charge >= 0.3 is 12.1 Å². The number of aliphatic hydroxyl groups is 2.